The maximum atomic E-state index is 13.1. The summed E-state index contributed by atoms with van der Waals surface area (Å²) in [6.07, 6.45) is 5.13. The zero-order valence-corrected chi connectivity index (χ0v) is 20.8. The number of allylic oxidation sites excluding steroid dienone is 1. The first-order valence-corrected chi connectivity index (χ1v) is 12.7. The van der Waals surface area contributed by atoms with Crippen molar-refractivity contribution in [2.45, 2.75) is 44.0 Å². The van der Waals surface area contributed by atoms with E-state index in [1.807, 2.05) is 49.6 Å². The van der Waals surface area contributed by atoms with Crippen LogP contribution in [0.25, 0.3) is 17.0 Å². The molecule has 8 heteroatoms. The summed E-state index contributed by atoms with van der Waals surface area (Å²) in [5.41, 5.74) is 3.46. The van der Waals surface area contributed by atoms with Crippen LogP contribution in [0, 0.1) is 0 Å². The lowest BCUT2D eigenvalue weighted by Crippen LogP contribution is -2.46. The van der Waals surface area contributed by atoms with Crippen LogP contribution in [0.5, 0.6) is 5.75 Å². The second-order valence-corrected chi connectivity index (χ2v) is 9.04. The summed E-state index contributed by atoms with van der Waals surface area (Å²) in [5.74, 6) is 1.66. The van der Waals surface area contributed by atoms with Crippen LogP contribution in [0.2, 0.25) is 0 Å². The minimum Gasteiger partial charge on any atom is -0.497 e. The van der Waals surface area contributed by atoms with E-state index in [0.29, 0.717) is 18.3 Å². The zero-order valence-electron chi connectivity index (χ0n) is 20.0. The number of hydrogen-bond acceptors (Lipinski definition) is 6. The van der Waals surface area contributed by atoms with Crippen molar-refractivity contribution in [1.29, 1.82) is 0 Å². The van der Waals surface area contributed by atoms with E-state index in [-0.39, 0.29) is 12.1 Å². The molecule has 1 atom stereocenters. The fraction of sp³-hybridized carbons (Fsp3) is 0.346. The molecule has 0 saturated heterocycles. The van der Waals surface area contributed by atoms with Gasteiger partial charge in [0.15, 0.2) is 0 Å². The Labute approximate surface area is 204 Å². The normalized spacial score (nSPS) is 16.1. The van der Waals surface area contributed by atoms with E-state index in [0.717, 1.165) is 52.3 Å². The highest BCUT2D eigenvalue weighted by Crippen LogP contribution is 2.38. The molecule has 0 spiro atoms. The molecule has 1 aliphatic rings. The van der Waals surface area contributed by atoms with Gasteiger partial charge in [-0.3, -0.25) is 4.90 Å². The van der Waals surface area contributed by atoms with Gasteiger partial charge in [0, 0.05) is 22.7 Å². The number of nitrogens with zero attached hydrogens (tertiary/aromatic N) is 3. The summed E-state index contributed by atoms with van der Waals surface area (Å²) in [4.78, 5) is 20.7. The highest BCUT2D eigenvalue weighted by molar-refractivity contribution is 7.98. The number of benzene rings is 2. The molecule has 0 bridgehead atoms. The number of nitrogens with one attached hydrogen (secondary N) is 1. The van der Waals surface area contributed by atoms with E-state index in [4.69, 9.17) is 14.2 Å². The third kappa shape index (κ3) is 4.97. The molecule has 2 aromatic carbocycles. The van der Waals surface area contributed by atoms with Crippen molar-refractivity contribution in [2.75, 3.05) is 19.9 Å². The standard InChI is InChI=1S/C26H30N4O3S/c1-5-6-7-16-30-17(2)22(23(27-26(30)31)18-10-14-21(34-4)15-11-18)25-28-24(29-33-25)19-8-12-20(32-3)13-9-19/h8-15,23H,5-7,16H2,1-4H3,(H,27,31). The van der Waals surface area contributed by atoms with Crippen molar-refractivity contribution in [3.05, 3.63) is 65.7 Å². The molecule has 1 N–H and O–H groups in total. The van der Waals surface area contributed by atoms with E-state index in [2.05, 4.69) is 29.5 Å². The molecule has 34 heavy (non-hydrogen) atoms. The highest BCUT2D eigenvalue weighted by Gasteiger charge is 2.35. The summed E-state index contributed by atoms with van der Waals surface area (Å²) in [5, 5.41) is 7.40. The molecule has 4 rings (SSSR count). The van der Waals surface area contributed by atoms with Crippen LogP contribution in [-0.4, -0.2) is 41.0 Å². The van der Waals surface area contributed by atoms with Gasteiger partial charge in [-0.15, -0.1) is 11.8 Å². The summed E-state index contributed by atoms with van der Waals surface area (Å²) < 4.78 is 11.0. The average molecular weight is 479 g/mol. The Balaban J connectivity index is 1.74. The van der Waals surface area contributed by atoms with Gasteiger partial charge < -0.3 is 14.6 Å². The van der Waals surface area contributed by atoms with Crippen LogP contribution in [0.3, 0.4) is 0 Å². The highest BCUT2D eigenvalue weighted by atomic mass is 32.2. The Morgan fingerprint density at radius 3 is 2.50 bits per heavy atom. The van der Waals surface area contributed by atoms with Crippen molar-refractivity contribution < 1.29 is 14.1 Å². The predicted molar refractivity (Wildman–Crippen MR) is 135 cm³/mol. The molecule has 1 aromatic heterocycles. The predicted octanol–water partition coefficient (Wildman–Crippen LogP) is 6.15. The molecule has 0 saturated carbocycles. The fourth-order valence-electron chi connectivity index (χ4n) is 4.08. The Morgan fingerprint density at radius 2 is 1.85 bits per heavy atom. The summed E-state index contributed by atoms with van der Waals surface area (Å²) >= 11 is 1.68. The van der Waals surface area contributed by atoms with Crippen molar-refractivity contribution in [3.63, 3.8) is 0 Å². The molecule has 1 aliphatic heterocycles. The number of ether oxygens (including phenoxy) is 1. The van der Waals surface area contributed by atoms with Crippen LogP contribution in [-0.2, 0) is 0 Å². The molecule has 1 unspecified atom stereocenters. The molecular weight excluding hydrogens is 448 g/mol. The summed E-state index contributed by atoms with van der Waals surface area (Å²) in [6, 6.07) is 15.2. The van der Waals surface area contributed by atoms with Crippen molar-refractivity contribution in [3.8, 4) is 17.1 Å². The Hall–Kier alpha value is -3.26. The summed E-state index contributed by atoms with van der Waals surface area (Å²) in [6.45, 7) is 4.75. The van der Waals surface area contributed by atoms with E-state index >= 15 is 0 Å². The first kappa shape index (κ1) is 23.9. The van der Waals surface area contributed by atoms with Crippen molar-refractivity contribution in [2.24, 2.45) is 0 Å². The van der Waals surface area contributed by atoms with Crippen LogP contribution in [0.15, 0.2) is 63.6 Å². The number of carbonyl (C=O) groups is 1. The Bertz CT molecular complexity index is 1160. The first-order chi connectivity index (χ1) is 16.5. The van der Waals surface area contributed by atoms with Crippen LogP contribution in [0.1, 0.15) is 50.6 Å². The number of unbranched alkanes of at least 4 members (excludes halogenated alkanes) is 2. The summed E-state index contributed by atoms with van der Waals surface area (Å²) in [7, 11) is 1.63. The van der Waals surface area contributed by atoms with Gasteiger partial charge in [0.1, 0.15) is 5.75 Å². The molecule has 2 amide bonds. The van der Waals surface area contributed by atoms with Crippen molar-refractivity contribution in [1.82, 2.24) is 20.4 Å². The Morgan fingerprint density at radius 1 is 1.12 bits per heavy atom. The smallest absolute Gasteiger partial charge is 0.322 e. The molecule has 0 fully saturated rings. The SMILES string of the molecule is CCCCCN1C(=O)NC(c2ccc(SC)cc2)C(c2nc(-c3ccc(OC)cc3)no2)=C1C. The first-order valence-electron chi connectivity index (χ1n) is 11.5. The Kier molecular flexibility index (Phi) is 7.57. The van der Waals surface area contributed by atoms with Crippen LogP contribution in [0.4, 0.5) is 4.79 Å². The van der Waals surface area contributed by atoms with E-state index < -0.39 is 0 Å². The monoisotopic (exact) mass is 478 g/mol. The molecule has 7 nitrogen and oxygen atoms in total. The molecule has 0 radical (unpaired) electrons. The van der Waals surface area contributed by atoms with Gasteiger partial charge in [0.25, 0.3) is 5.89 Å². The second kappa shape index (κ2) is 10.8. The van der Waals surface area contributed by atoms with Gasteiger partial charge in [0.05, 0.1) is 18.7 Å². The number of thioether (sulfide) groups is 1. The van der Waals surface area contributed by atoms with Gasteiger partial charge in [-0.05, 0) is 61.6 Å². The third-order valence-corrected chi connectivity index (χ3v) is 6.78. The number of urea groups is 1. The number of aromatic nitrogens is 2. The minimum absolute atomic E-state index is 0.105. The maximum absolute atomic E-state index is 13.1. The molecule has 2 heterocycles. The largest absolute Gasteiger partial charge is 0.497 e. The van der Waals surface area contributed by atoms with Gasteiger partial charge in [0.2, 0.25) is 5.82 Å². The number of carbonyl (C=O) groups excluding carboxylic acids is 1. The lowest BCUT2D eigenvalue weighted by Gasteiger charge is -2.35. The zero-order chi connectivity index (χ0) is 24.1. The second-order valence-electron chi connectivity index (χ2n) is 8.17. The van der Waals surface area contributed by atoms with E-state index in [1.165, 1.54) is 0 Å². The van der Waals surface area contributed by atoms with Gasteiger partial charge >= 0.3 is 6.03 Å². The number of methoxy groups -OCH3 is 1. The lowest BCUT2D eigenvalue weighted by atomic mass is 9.94. The maximum Gasteiger partial charge on any atom is 0.322 e. The number of amides is 2. The van der Waals surface area contributed by atoms with Crippen LogP contribution >= 0.6 is 11.8 Å². The topological polar surface area (TPSA) is 80.5 Å². The number of rotatable bonds is 9. The molecular formula is C26H30N4O3S. The molecule has 0 aliphatic carbocycles. The van der Waals surface area contributed by atoms with Crippen molar-refractivity contribution >= 4 is 23.4 Å². The average Bonchev–Trinajstić information content (AvgIpc) is 3.35. The fourth-order valence-corrected chi connectivity index (χ4v) is 4.49. The van der Waals surface area contributed by atoms with Crippen LogP contribution < -0.4 is 10.1 Å². The lowest BCUT2D eigenvalue weighted by molar-refractivity contribution is 0.204. The number of hydrogen-bond donors (Lipinski definition) is 1. The van der Waals surface area contributed by atoms with E-state index in [1.54, 1.807) is 23.8 Å². The quantitative estimate of drug-likeness (QED) is 0.293. The van der Waals surface area contributed by atoms with Gasteiger partial charge in [-0.1, -0.05) is 37.1 Å². The molecule has 3 aromatic rings. The van der Waals surface area contributed by atoms with Gasteiger partial charge in [-0.25, -0.2) is 4.79 Å². The van der Waals surface area contributed by atoms with E-state index in [9.17, 15) is 4.79 Å². The van der Waals surface area contributed by atoms with Gasteiger partial charge in [-0.2, -0.15) is 4.98 Å². The minimum atomic E-state index is -0.380. The molecule has 178 valence electrons. The third-order valence-electron chi connectivity index (χ3n) is 6.04.